The summed E-state index contributed by atoms with van der Waals surface area (Å²) in [6, 6.07) is 9.58. The lowest BCUT2D eigenvalue weighted by Crippen LogP contribution is -2.64. The van der Waals surface area contributed by atoms with Crippen LogP contribution in [0.1, 0.15) is 87.3 Å². The molecule has 1 aliphatic carbocycles. The number of piperidine rings is 2. The van der Waals surface area contributed by atoms with Crippen LogP contribution in [0.15, 0.2) is 55.0 Å². The molecule has 5 aromatic rings. The number of benzene rings is 2. The van der Waals surface area contributed by atoms with E-state index in [0.717, 1.165) is 53.8 Å². The largest absolute Gasteiger partial charge is 0.494 e. The van der Waals surface area contributed by atoms with E-state index in [9.17, 15) is 24.0 Å². The van der Waals surface area contributed by atoms with Gasteiger partial charge in [0.15, 0.2) is 11.3 Å². The third-order valence-electron chi connectivity index (χ3n) is 13.5. The molecule has 6 aliphatic rings. The summed E-state index contributed by atoms with van der Waals surface area (Å²) in [6.45, 7) is 2.68. The lowest BCUT2D eigenvalue weighted by Gasteiger charge is -2.48. The first-order valence-electron chi connectivity index (χ1n) is 20.9. The number of rotatable bonds is 9. The molecule has 314 valence electrons. The normalized spacial score (nSPS) is 25.1. The number of imide groups is 2. The fraction of sp³-hybridized carbons (Fsp3) is 0.442. The monoisotopic (exact) mass is 830 g/mol. The van der Waals surface area contributed by atoms with Crippen molar-refractivity contribution in [3.63, 3.8) is 0 Å². The minimum absolute atomic E-state index is 0.0438. The van der Waals surface area contributed by atoms with E-state index in [1.165, 1.54) is 6.20 Å². The number of carbonyl (C=O) groups excluding carboxylic acids is 5. The molecule has 0 radical (unpaired) electrons. The van der Waals surface area contributed by atoms with Crippen molar-refractivity contribution < 1.29 is 37.8 Å². The summed E-state index contributed by atoms with van der Waals surface area (Å²) in [5, 5.41) is 15.3. The fourth-order valence-electron chi connectivity index (χ4n) is 10.3. The predicted octanol–water partition coefficient (Wildman–Crippen LogP) is 3.50. The number of fused-ring (bicyclic) bond motifs is 5. The minimum atomic E-state index is -1.45. The maximum absolute atomic E-state index is 16.1. The summed E-state index contributed by atoms with van der Waals surface area (Å²) in [7, 11) is 1.55. The van der Waals surface area contributed by atoms with E-state index in [-0.39, 0.29) is 61.7 Å². The molecule has 3 aromatic heterocycles. The van der Waals surface area contributed by atoms with Gasteiger partial charge in [0.25, 0.3) is 17.7 Å². The molecule has 8 heterocycles. The summed E-state index contributed by atoms with van der Waals surface area (Å²) in [6.07, 6.45) is 9.33. The van der Waals surface area contributed by atoms with Gasteiger partial charge in [0.1, 0.15) is 17.4 Å². The molecule has 5 fully saturated rings. The number of nitrogens with one attached hydrogen (secondary N) is 2. The molecular formula is C43H43FN10O7. The summed E-state index contributed by atoms with van der Waals surface area (Å²) < 4.78 is 31.2. The molecule has 1 saturated carbocycles. The summed E-state index contributed by atoms with van der Waals surface area (Å²) in [5.74, 6) is -1.36. The zero-order valence-electron chi connectivity index (χ0n) is 33.4. The molecule has 61 heavy (non-hydrogen) atoms. The lowest BCUT2D eigenvalue weighted by molar-refractivity contribution is -0.136. The topological polar surface area (TPSA) is 186 Å². The molecule has 2 bridgehead atoms. The van der Waals surface area contributed by atoms with E-state index in [1.807, 2.05) is 40.2 Å². The number of nitrogens with zero attached hydrogens (tertiary/aromatic N) is 8. The van der Waals surface area contributed by atoms with E-state index >= 15 is 4.39 Å². The first-order valence-corrected chi connectivity index (χ1v) is 20.9. The number of halogens is 1. The molecule has 2 N–H and O–H groups in total. The highest BCUT2D eigenvalue weighted by molar-refractivity contribution is 6.23. The summed E-state index contributed by atoms with van der Waals surface area (Å²) in [5.41, 5.74) is 2.62. The van der Waals surface area contributed by atoms with Crippen molar-refractivity contribution in [3.8, 4) is 5.75 Å². The quantitative estimate of drug-likeness (QED) is 0.207. The Labute approximate surface area is 348 Å². The van der Waals surface area contributed by atoms with Crippen molar-refractivity contribution in [1.82, 2.24) is 39.5 Å². The average molecular weight is 831 g/mol. The number of methoxy groups -OCH3 is 1. The van der Waals surface area contributed by atoms with Crippen LogP contribution in [0.5, 0.6) is 5.75 Å². The van der Waals surface area contributed by atoms with Crippen LogP contribution in [0.4, 0.5) is 15.8 Å². The number of anilines is 2. The molecule has 0 spiro atoms. The van der Waals surface area contributed by atoms with Crippen LogP contribution in [-0.2, 0) is 14.3 Å². The Hall–Kier alpha value is -6.27. The Morgan fingerprint density at radius 1 is 1.03 bits per heavy atom. The van der Waals surface area contributed by atoms with Crippen molar-refractivity contribution in [2.45, 2.75) is 68.3 Å². The number of hydrogen-bond donors (Lipinski definition) is 2. The molecular weight excluding hydrogens is 788 g/mol. The van der Waals surface area contributed by atoms with Gasteiger partial charge in [0.05, 0.1) is 67.5 Å². The molecule has 2 aromatic carbocycles. The first-order chi connectivity index (χ1) is 29.5. The Kier molecular flexibility index (Phi) is 8.75. The number of hydrogen-bond acceptors (Lipinski definition) is 12. The van der Waals surface area contributed by atoms with Gasteiger partial charge < -0.3 is 19.7 Å². The van der Waals surface area contributed by atoms with Gasteiger partial charge in [-0.1, -0.05) is 0 Å². The number of alkyl halides is 1. The van der Waals surface area contributed by atoms with E-state index in [0.29, 0.717) is 53.3 Å². The maximum atomic E-state index is 16.1. The van der Waals surface area contributed by atoms with Gasteiger partial charge in [-0.25, -0.2) is 13.9 Å². The van der Waals surface area contributed by atoms with Crippen molar-refractivity contribution in [2.75, 3.05) is 56.7 Å². The van der Waals surface area contributed by atoms with Crippen LogP contribution in [0, 0.1) is 5.92 Å². The molecule has 2 unspecified atom stereocenters. The molecule has 5 aliphatic heterocycles. The summed E-state index contributed by atoms with van der Waals surface area (Å²) >= 11 is 0. The van der Waals surface area contributed by atoms with Crippen molar-refractivity contribution >= 4 is 57.5 Å². The molecule has 4 saturated heterocycles. The molecule has 18 heteroatoms. The molecule has 5 amide bonds. The van der Waals surface area contributed by atoms with E-state index in [4.69, 9.17) is 19.6 Å². The van der Waals surface area contributed by atoms with Crippen LogP contribution in [0.3, 0.4) is 0 Å². The Morgan fingerprint density at radius 2 is 1.85 bits per heavy atom. The van der Waals surface area contributed by atoms with Crippen LogP contribution < -0.4 is 20.3 Å². The highest BCUT2D eigenvalue weighted by Gasteiger charge is 2.48. The van der Waals surface area contributed by atoms with Gasteiger partial charge in [-0.05, 0) is 68.4 Å². The van der Waals surface area contributed by atoms with Crippen LogP contribution in [0.25, 0.3) is 16.6 Å². The fourth-order valence-corrected chi connectivity index (χ4v) is 10.3. The Balaban J connectivity index is 0.712. The Bertz CT molecular complexity index is 2680. The molecule has 4 atom stereocenters. The number of aromatic nitrogens is 5. The maximum Gasteiger partial charge on any atom is 0.262 e. The van der Waals surface area contributed by atoms with Crippen LogP contribution >= 0.6 is 0 Å². The van der Waals surface area contributed by atoms with Gasteiger partial charge in [-0.3, -0.25) is 43.8 Å². The highest BCUT2D eigenvalue weighted by atomic mass is 19.1. The number of amides is 5. The number of likely N-dealkylation sites (tertiary alicyclic amines) is 1. The van der Waals surface area contributed by atoms with Crippen molar-refractivity contribution in [3.05, 3.63) is 77.4 Å². The van der Waals surface area contributed by atoms with E-state index in [1.54, 1.807) is 29.8 Å². The second-order valence-electron chi connectivity index (χ2n) is 17.3. The smallest absolute Gasteiger partial charge is 0.262 e. The third-order valence-corrected chi connectivity index (χ3v) is 13.5. The van der Waals surface area contributed by atoms with Gasteiger partial charge >= 0.3 is 0 Å². The van der Waals surface area contributed by atoms with Crippen LogP contribution in [0.2, 0.25) is 0 Å². The van der Waals surface area contributed by atoms with Gasteiger partial charge in [0, 0.05) is 67.2 Å². The second-order valence-corrected chi connectivity index (χ2v) is 17.3. The zero-order chi connectivity index (χ0) is 41.7. The van der Waals surface area contributed by atoms with E-state index in [2.05, 4.69) is 20.6 Å². The van der Waals surface area contributed by atoms with Gasteiger partial charge in [0.2, 0.25) is 11.8 Å². The highest BCUT2D eigenvalue weighted by Crippen LogP contribution is 2.45. The van der Waals surface area contributed by atoms with Gasteiger partial charge in [-0.15, -0.1) is 0 Å². The van der Waals surface area contributed by atoms with Crippen molar-refractivity contribution in [1.29, 1.82) is 0 Å². The standard InChI is InChI=1S/C43H43FN10O7/c1-60-36-16-33-23(13-34(36)47-39(56)31-17-45-52-11-8-32(46-38(31)52)29-15-27-12-24(29)19-61-27)18-53(49-33)25-6-9-50(10-7-25)20-43(44)21-51(22-43)26-2-3-28-30(14-26)42(59)54(41(28)58)35-4-5-37(55)48-40(35)57/h2-3,8,11,13-14,16-18,24-25,27,29,35H,4-7,9-10,12,15,19-22H2,1H3,(H,47,56)(H,48,55,57)/t24-,27-,29?,35?/m1/s1. The minimum Gasteiger partial charge on any atom is -0.494 e. The zero-order valence-corrected chi connectivity index (χ0v) is 33.4. The second kappa shape index (κ2) is 14.2. The van der Waals surface area contributed by atoms with Gasteiger partial charge in [-0.2, -0.15) is 10.2 Å². The Morgan fingerprint density at radius 3 is 2.61 bits per heavy atom. The van der Waals surface area contributed by atoms with Crippen LogP contribution in [-0.4, -0.2) is 128 Å². The molecule has 11 rings (SSSR count). The average Bonchev–Trinajstić information content (AvgIpc) is 4.09. The predicted molar refractivity (Wildman–Crippen MR) is 216 cm³/mol. The number of carbonyl (C=O) groups is 5. The SMILES string of the molecule is COc1cc2nn(C3CCN(CC4(F)CN(c5ccc6c(c5)C(=O)N(C5CCC(=O)NC5=O)C6=O)C4)CC3)cc2cc1NC(=O)c1cnn2ccc(C3C[C@H]4C[C@@H]3CO4)nc12. The molecule has 17 nitrogen and oxygen atoms in total. The van der Waals surface area contributed by atoms with Crippen molar-refractivity contribution in [2.24, 2.45) is 5.92 Å². The number of ether oxygens (including phenoxy) is 2. The first kappa shape index (κ1) is 37.7. The summed E-state index contributed by atoms with van der Waals surface area (Å²) in [4.78, 5) is 74.0. The third kappa shape index (κ3) is 6.41. The lowest BCUT2D eigenvalue weighted by atomic mass is 9.92. The van der Waals surface area contributed by atoms with E-state index < -0.39 is 35.3 Å².